The van der Waals surface area contributed by atoms with Crippen molar-refractivity contribution in [1.29, 1.82) is 0 Å². The minimum atomic E-state index is -4.61. The number of halogens is 3. The number of anilines is 1. The maximum atomic E-state index is 13.4. The van der Waals surface area contributed by atoms with Crippen molar-refractivity contribution >= 4 is 17.7 Å². The molecule has 0 saturated heterocycles. The molecule has 0 fully saturated rings. The van der Waals surface area contributed by atoms with Gasteiger partial charge in [-0.2, -0.15) is 18.3 Å². The Morgan fingerprint density at radius 3 is 2.65 bits per heavy atom. The van der Waals surface area contributed by atoms with Crippen molar-refractivity contribution in [3.05, 3.63) is 46.8 Å². The fourth-order valence-corrected chi connectivity index (χ4v) is 3.48. The fourth-order valence-electron chi connectivity index (χ4n) is 3.48. The van der Waals surface area contributed by atoms with Crippen LogP contribution >= 0.6 is 0 Å². The van der Waals surface area contributed by atoms with Crippen molar-refractivity contribution in [2.24, 2.45) is 0 Å². The Hall–Kier alpha value is -3.04. The zero-order chi connectivity index (χ0) is 22.8. The van der Waals surface area contributed by atoms with E-state index in [-0.39, 0.29) is 17.8 Å². The van der Waals surface area contributed by atoms with Crippen LogP contribution in [0, 0.1) is 0 Å². The summed E-state index contributed by atoms with van der Waals surface area (Å²) in [5.41, 5.74) is 0.183. The fraction of sp³-hybridized carbons (Fsp3) is 0.476. The lowest BCUT2D eigenvalue weighted by Gasteiger charge is -2.22. The molecule has 0 saturated carbocycles. The van der Waals surface area contributed by atoms with Gasteiger partial charge in [-0.15, -0.1) is 0 Å². The second-order valence-electron chi connectivity index (χ2n) is 8.51. The maximum Gasteiger partial charge on any atom is 0.416 e. The monoisotopic (exact) mass is 438 g/mol. The summed E-state index contributed by atoms with van der Waals surface area (Å²) in [6.07, 6.45) is -1.62. The number of carbonyl (C=O) groups excluding carboxylic acids is 2. The summed E-state index contributed by atoms with van der Waals surface area (Å²) in [7, 11) is 0. The number of ether oxygens (including phenoxy) is 1. The van der Waals surface area contributed by atoms with Crippen molar-refractivity contribution < 1.29 is 27.5 Å². The maximum absolute atomic E-state index is 13.4. The number of rotatable bonds is 4. The molecule has 3 N–H and O–H groups in total. The molecule has 1 atom stereocenters. The summed E-state index contributed by atoms with van der Waals surface area (Å²) in [4.78, 5) is 24.6. The number of aryl methyl sites for hydroxylation is 1. The topological polar surface area (TPSA) is 96.1 Å². The number of H-pyrrole nitrogens is 1. The van der Waals surface area contributed by atoms with E-state index in [4.69, 9.17) is 4.74 Å². The largest absolute Gasteiger partial charge is 0.444 e. The third-order valence-electron chi connectivity index (χ3n) is 4.79. The van der Waals surface area contributed by atoms with E-state index in [0.29, 0.717) is 6.42 Å². The van der Waals surface area contributed by atoms with E-state index in [2.05, 4.69) is 20.8 Å². The van der Waals surface area contributed by atoms with Crippen LogP contribution in [0.2, 0.25) is 0 Å². The minimum absolute atomic E-state index is 0.0106. The molecule has 0 unspecified atom stereocenters. The van der Waals surface area contributed by atoms with Gasteiger partial charge in [0.1, 0.15) is 5.60 Å². The Bertz CT molecular complexity index is 964. The van der Waals surface area contributed by atoms with Gasteiger partial charge in [-0.05, 0) is 63.8 Å². The zero-order valence-corrected chi connectivity index (χ0v) is 17.5. The van der Waals surface area contributed by atoms with Crippen LogP contribution in [0.15, 0.2) is 24.4 Å². The molecule has 0 spiro atoms. The third-order valence-corrected chi connectivity index (χ3v) is 4.79. The van der Waals surface area contributed by atoms with E-state index in [1.807, 2.05) is 0 Å². The molecule has 168 valence electrons. The average molecular weight is 438 g/mol. The second kappa shape index (κ2) is 8.60. The molecule has 2 aromatic rings. The van der Waals surface area contributed by atoms with Crippen LogP contribution in [0.4, 0.5) is 23.7 Å². The van der Waals surface area contributed by atoms with Crippen LogP contribution < -0.4 is 10.6 Å². The SMILES string of the molecule is CC(C)(C)OC(=O)NCc1cc(NC(=O)[C@H]2CCCc3[nH]ncc32)cc(C(F)(F)F)c1. The highest BCUT2D eigenvalue weighted by Gasteiger charge is 2.32. The number of aromatic amines is 1. The Morgan fingerprint density at radius 2 is 1.97 bits per heavy atom. The van der Waals surface area contributed by atoms with Crippen molar-refractivity contribution in [1.82, 2.24) is 15.5 Å². The van der Waals surface area contributed by atoms with Crippen LogP contribution in [0.1, 0.15) is 61.9 Å². The summed E-state index contributed by atoms with van der Waals surface area (Å²) in [6, 6.07) is 3.22. The van der Waals surface area contributed by atoms with Crippen LogP contribution in [-0.2, 0) is 28.7 Å². The lowest BCUT2D eigenvalue weighted by atomic mass is 9.86. The second-order valence-corrected chi connectivity index (χ2v) is 8.51. The first kappa shape index (κ1) is 22.6. The molecular formula is C21H25F3N4O3. The van der Waals surface area contributed by atoms with Gasteiger partial charge in [-0.3, -0.25) is 9.89 Å². The molecule has 0 bridgehead atoms. The number of carbonyl (C=O) groups is 2. The molecule has 1 aliphatic rings. The van der Waals surface area contributed by atoms with Crippen LogP contribution in [0.5, 0.6) is 0 Å². The summed E-state index contributed by atoms with van der Waals surface area (Å²) in [5.74, 6) is -0.881. The highest BCUT2D eigenvalue weighted by Crippen LogP contribution is 2.34. The highest BCUT2D eigenvalue weighted by molar-refractivity contribution is 5.96. The van der Waals surface area contributed by atoms with Crippen LogP contribution in [-0.4, -0.2) is 27.8 Å². The molecule has 31 heavy (non-hydrogen) atoms. The first-order chi connectivity index (χ1) is 14.4. The van der Waals surface area contributed by atoms with Crippen molar-refractivity contribution in [3.8, 4) is 0 Å². The number of nitrogens with zero attached hydrogens (tertiary/aromatic N) is 1. The number of hydrogen-bond donors (Lipinski definition) is 3. The van der Waals surface area contributed by atoms with Gasteiger partial charge in [0, 0.05) is 23.5 Å². The quantitative estimate of drug-likeness (QED) is 0.654. The standard InChI is InChI=1S/C21H25F3N4O3/c1-20(2,3)31-19(30)25-10-12-7-13(21(22,23)24)9-14(8-12)27-18(29)15-5-4-6-17-16(15)11-26-28-17/h7-9,11,15H,4-6,10H2,1-3H3,(H,25,30)(H,26,28)(H,27,29)/t15-/m0/s1. The molecule has 7 nitrogen and oxygen atoms in total. The lowest BCUT2D eigenvalue weighted by Crippen LogP contribution is -2.32. The summed E-state index contributed by atoms with van der Waals surface area (Å²) in [5, 5.41) is 11.9. The molecule has 0 radical (unpaired) electrons. The number of alkyl halides is 3. The molecule has 2 amide bonds. The predicted octanol–water partition coefficient (Wildman–Crippen LogP) is 4.51. The first-order valence-electron chi connectivity index (χ1n) is 9.93. The van der Waals surface area contributed by atoms with E-state index in [0.717, 1.165) is 36.2 Å². The number of alkyl carbamates (subject to hydrolysis) is 1. The van der Waals surface area contributed by atoms with Crippen LogP contribution in [0.25, 0.3) is 0 Å². The Kier molecular flexibility index (Phi) is 6.28. The first-order valence-corrected chi connectivity index (χ1v) is 9.93. The van der Waals surface area contributed by atoms with Crippen molar-refractivity contribution in [3.63, 3.8) is 0 Å². The van der Waals surface area contributed by atoms with Gasteiger partial charge < -0.3 is 15.4 Å². The normalized spacial score (nSPS) is 16.4. The Labute approximate surface area is 177 Å². The van der Waals surface area contributed by atoms with E-state index in [9.17, 15) is 22.8 Å². The van der Waals surface area contributed by atoms with E-state index in [1.165, 1.54) is 6.07 Å². The van der Waals surface area contributed by atoms with E-state index >= 15 is 0 Å². The number of benzene rings is 1. The highest BCUT2D eigenvalue weighted by atomic mass is 19.4. The minimum Gasteiger partial charge on any atom is -0.444 e. The molecule has 1 heterocycles. The van der Waals surface area contributed by atoms with Gasteiger partial charge in [-0.1, -0.05) is 0 Å². The number of hydrogen-bond acceptors (Lipinski definition) is 4. The molecule has 10 heteroatoms. The number of amides is 2. The smallest absolute Gasteiger partial charge is 0.416 e. The van der Waals surface area contributed by atoms with Gasteiger partial charge in [0.2, 0.25) is 5.91 Å². The van der Waals surface area contributed by atoms with Gasteiger partial charge in [-0.25, -0.2) is 4.79 Å². The molecule has 3 rings (SSSR count). The number of aromatic nitrogens is 2. The lowest BCUT2D eigenvalue weighted by molar-refractivity contribution is -0.137. The molecule has 1 aromatic carbocycles. The van der Waals surface area contributed by atoms with Gasteiger partial charge in [0.05, 0.1) is 17.7 Å². The zero-order valence-electron chi connectivity index (χ0n) is 17.5. The van der Waals surface area contributed by atoms with E-state index < -0.39 is 35.3 Å². The molecule has 0 aliphatic heterocycles. The Morgan fingerprint density at radius 1 is 1.23 bits per heavy atom. The third kappa shape index (κ3) is 5.99. The van der Waals surface area contributed by atoms with Gasteiger partial charge in [0.15, 0.2) is 0 Å². The summed E-state index contributed by atoms with van der Waals surface area (Å²) >= 11 is 0. The molecule has 1 aromatic heterocycles. The summed E-state index contributed by atoms with van der Waals surface area (Å²) in [6.45, 7) is 4.86. The summed E-state index contributed by atoms with van der Waals surface area (Å²) < 4.78 is 45.2. The van der Waals surface area contributed by atoms with E-state index in [1.54, 1.807) is 27.0 Å². The average Bonchev–Trinajstić information content (AvgIpc) is 3.13. The van der Waals surface area contributed by atoms with Gasteiger partial charge >= 0.3 is 12.3 Å². The van der Waals surface area contributed by atoms with Crippen molar-refractivity contribution in [2.75, 3.05) is 5.32 Å². The van der Waals surface area contributed by atoms with Crippen molar-refractivity contribution in [2.45, 2.75) is 64.3 Å². The molecular weight excluding hydrogens is 413 g/mol. The molecule has 1 aliphatic carbocycles. The van der Waals surface area contributed by atoms with Crippen LogP contribution in [0.3, 0.4) is 0 Å². The number of fused-ring (bicyclic) bond motifs is 1. The number of nitrogens with one attached hydrogen (secondary N) is 3. The van der Waals surface area contributed by atoms with Gasteiger partial charge in [0.25, 0.3) is 0 Å². The predicted molar refractivity (Wildman–Crippen MR) is 107 cm³/mol. The Balaban J connectivity index is 1.78.